The number of para-hydroxylation sites is 2. The second kappa shape index (κ2) is 8.22. The quantitative estimate of drug-likeness (QED) is 0.620. The lowest BCUT2D eigenvalue weighted by molar-refractivity contribution is -0.116. The lowest BCUT2D eigenvalue weighted by atomic mass is 10.3. The lowest BCUT2D eigenvalue weighted by Gasteiger charge is -2.10. The van der Waals surface area contributed by atoms with Crippen molar-refractivity contribution in [2.75, 3.05) is 25.3 Å². The molecule has 0 aliphatic rings. The summed E-state index contributed by atoms with van der Waals surface area (Å²) in [5.74, 6) is 1.19. The molecule has 0 unspecified atom stereocenters. The van der Waals surface area contributed by atoms with E-state index in [2.05, 4.69) is 10.3 Å². The second-order valence-corrected chi connectivity index (χ2v) is 7.25. The van der Waals surface area contributed by atoms with E-state index in [1.807, 2.05) is 48.7 Å². The van der Waals surface area contributed by atoms with Crippen molar-refractivity contribution in [3.8, 4) is 11.5 Å². The first-order valence-electron chi connectivity index (χ1n) is 7.70. The molecule has 0 saturated carbocycles. The van der Waals surface area contributed by atoms with Crippen molar-refractivity contribution in [2.45, 2.75) is 10.8 Å². The van der Waals surface area contributed by atoms with Gasteiger partial charge in [-0.2, -0.15) is 0 Å². The maximum absolute atomic E-state index is 12.1. The number of ether oxygens (including phenoxy) is 2. The topological polar surface area (TPSA) is 60.5 Å². The van der Waals surface area contributed by atoms with E-state index >= 15 is 0 Å². The van der Waals surface area contributed by atoms with Crippen LogP contribution in [0, 0.1) is 0 Å². The van der Waals surface area contributed by atoms with Crippen LogP contribution in [0.2, 0.25) is 0 Å². The van der Waals surface area contributed by atoms with Gasteiger partial charge in [0.15, 0.2) is 15.8 Å². The molecule has 0 spiro atoms. The van der Waals surface area contributed by atoms with Crippen LogP contribution in [0.1, 0.15) is 6.42 Å². The van der Waals surface area contributed by atoms with Gasteiger partial charge in [-0.3, -0.25) is 4.79 Å². The fourth-order valence-electron chi connectivity index (χ4n) is 2.28. The highest BCUT2D eigenvalue weighted by molar-refractivity contribution is 8.00. The number of hydrogen-bond acceptors (Lipinski definition) is 6. The van der Waals surface area contributed by atoms with Gasteiger partial charge in [-0.25, -0.2) is 4.98 Å². The predicted molar refractivity (Wildman–Crippen MR) is 103 cm³/mol. The summed E-state index contributed by atoms with van der Waals surface area (Å²) in [5.41, 5.74) is 1.72. The standard InChI is InChI=1S/C18H18N2O3S2/c1-22-14-5-3-4-6-15(14)23-10-9-17(21)19-12-7-8-13-16(11-12)25-18(20-13)24-2/h3-8,11H,9-10H2,1-2H3,(H,19,21). The summed E-state index contributed by atoms with van der Waals surface area (Å²) in [6.45, 7) is 0.283. The Labute approximate surface area is 154 Å². The normalized spacial score (nSPS) is 10.6. The average molecular weight is 374 g/mol. The molecule has 1 N–H and O–H groups in total. The zero-order valence-electron chi connectivity index (χ0n) is 13.9. The highest BCUT2D eigenvalue weighted by Crippen LogP contribution is 2.30. The molecule has 130 valence electrons. The number of benzene rings is 2. The number of thiazole rings is 1. The molecule has 1 heterocycles. The van der Waals surface area contributed by atoms with E-state index in [0.29, 0.717) is 11.5 Å². The number of hydrogen-bond donors (Lipinski definition) is 1. The largest absolute Gasteiger partial charge is 0.493 e. The van der Waals surface area contributed by atoms with Crippen molar-refractivity contribution in [1.82, 2.24) is 4.98 Å². The van der Waals surface area contributed by atoms with Gasteiger partial charge in [0.25, 0.3) is 0 Å². The molecule has 0 bridgehead atoms. The third kappa shape index (κ3) is 4.43. The Hall–Kier alpha value is -2.25. The Balaban J connectivity index is 1.55. The maximum Gasteiger partial charge on any atom is 0.227 e. The summed E-state index contributed by atoms with van der Waals surface area (Å²) in [6.07, 6.45) is 2.26. The molecule has 0 aliphatic carbocycles. The van der Waals surface area contributed by atoms with Gasteiger partial charge in [-0.15, -0.1) is 11.3 Å². The van der Waals surface area contributed by atoms with E-state index in [0.717, 1.165) is 20.2 Å². The predicted octanol–water partition coefficient (Wildman–Crippen LogP) is 4.43. The number of thioether (sulfide) groups is 1. The molecule has 0 atom stereocenters. The Bertz CT molecular complexity index is 880. The average Bonchev–Trinajstić information content (AvgIpc) is 3.04. The van der Waals surface area contributed by atoms with E-state index in [4.69, 9.17) is 9.47 Å². The number of anilines is 1. The van der Waals surface area contributed by atoms with Crippen molar-refractivity contribution in [3.05, 3.63) is 42.5 Å². The van der Waals surface area contributed by atoms with E-state index in [9.17, 15) is 4.79 Å². The number of aromatic nitrogens is 1. The first kappa shape index (κ1) is 17.6. The van der Waals surface area contributed by atoms with Crippen LogP contribution in [-0.4, -0.2) is 30.9 Å². The van der Waals surface area contributed by atoms with Crippen LogP contribution < -0.4 is 14.8 Å². The fraction of sp³-hybridized carbons (Fsp3) is 0.222. The molecule has 0 radical (unpaired) electrons. The SMILES string of the molecule is COc1ccccc1OCCC(=O)Nc1ccc2nc(SC)sc2c1. The number of carbonyl (C=O) groups is 1. The third-order valence-corrected chi connectivity index (χ3v) is 5.49. The Kier molecular flexibility index (Phi) is 5.78. The Morgan fingerprint density at radius 1 is 1.24 bits per heavy atom. The van der Waals surface area contributed by atoms with Gasteiger partial charge < -0.3 is 14.8 Å². The van der Waals surface area contributed by atoms with E-state index in [1.165, 1.54) is 0 Å². The van der Waals surface area contributed by atoms with Gasteiger partial charge in [0.2, 0.25) is 5.91 Å². The summed E-state index contributed by atoms with van der Waals surface area (Å²) < 4.78 is 12.9. The molecule has 2 aromatic carbocycles. The number of fused-ring (bicyclic) bond motifs is 1. The Morgan fingerprint density at radius 2 is 2.04 bits per heavy atom. The smallest absolute Gasteiger partial charge is 0.227 e. The summed E-state index contributed by atoms with van der Waals surface area (Å²) >= 11 is 3.24. The maximum atomic E-state index is 12.1. The zero-order chi connectivity index (χ0) is 17.6. The summed E-state index contributed by atoms with van der Waals surface area (Å²) in [5, 5.41) is 2.90. The van der Waals surface area contributed by atoms with Crippen molar-refractivity contribution in [2.24, 2.45) is 0 Å². The number of amides is 1. The van der Waals surface area contributed by atoms with Crippen molar-refractivity contribution in [1.29, 1.82) is 0 Å². The van der Waals surface area contributed by atoms with Crippen molar-refractivity contribution < 1.29 is 14.3 Å². The monoisotopic (exact) mass is 374 g/mol. The minimum Gasteiger partial charge on any atom is -0.493 e. The highest BCUT2D eigenvalue weighted by atomic mass is 32.2. The van der Waals surface area contributed by atoms with Crippen LogP contribution in [0.5, 0.6) is 11.5 Å². The van der Waals surface area contributed by atoms with Gasteiger partial charge >= 0.3 is 0 Å². The van der Waals surface area contributed by atoms with Crippen LogP contribution in [0.4, 0.5) is 5.69 Å². The van der Waals surface area contributed by atoms with Crippen molar-refractivity contribution >= 4 is 44.9 Å². The van der Waals surface area contributed by atoms with Crippen LogP contribution in [0.25, 0.3) is 10.2 Å². The third-order valence-electron chi connectivity index (χ3n) is 3.48. The van der Waals surface area contributed by atoms with Crippen LogP contribution >= 0.6 is 23.1 Å². The molecule has 5 nitrogen and oxygen atoms in total. The lowest BCUT2D eigenvalue weighted by Crippen LogP contribution is -2.15. The van der Waals surface area contributed by atoms with Gasteiger partial charge in [-0.1, -0.05) is 23.9 Å². The molecular formula is C18H18N2O3S2. The number of methoxy groups -OCH3 is 1. The molecular weight excluding hydrogens is 356 g/mol. The number of rotatable bonds is 7. The molecule has 0 saturated heterocycles. The highest BCUT2D eigenvalue weighted by Gasteiger charge is 2.08. The fourth-order valence-corrected chi connectivity index (χ4v) is 3.81. The minimum absolute atomic E-state index is 0.0937. The van der Waals surface area contributed by atoms with Gasteiger partial charge in [0, 0.05) is 5.69 Å². The molecule has 1 amide bonds. The first-order valence-corrected chi connectivity index (χ1v) is 9.74. The molecule has 3 aromatic rings. The van der Waals surface area contributed by atoms with E-state index < -0.39 is 0 Å². The molecule has 0 aliphatic heterocycles. The Morgan fingerprint density at radius 3 is 2.80 bits per heavy atom. The molecule has 7 heteroatoms. The summed E-state index contributed by atoms with van der Waals surface area (Å²) in [4.78, 5) is 16.6. The molecule has 25 heavy (non-hydrogen) atoms. The van der Waals surface area contributed by atoms with Gasteiger partial charge in [0.05, 0.1) is 30.4 Å². The van der Waals surface area contributed by atoms with Crippen molar-refractivity contribution in [3.63, 3.8) is 0 Å². The number of nitrogens with one attached hydrogen (secondary N) is 1. The molecule has 1 aromatic heterocycles. The molecule has 0 fully saturated rings. The second-order valence-electron chi connectivity index (χ2n) is 5.16. The summed E-state index contributed by atoms with van der Waals surface area (Å²) in [7, 11) is 1.59. The summed E-state index contributed by atoms with van der Waals surface area (Å²) in [6, 6.07) is 13.1. The van der Waals surface area contributed by atoms with Gasteiger partial charge in [-0.05, 0) is 36.6 Å². The first-order chi connectivity index (χ1) is 12.2. The number of nitrogens with zero attached hydrogens (tertiary/aromatic N) is 1. The van der Waals surface area contributed by atoms with Crippen LogP contribution in [0.3, 0.4) is 0 Å². The zero-order valence-corrected chi connectivity index (χ0v) is 15.6. The minimum atomic E-state index is -0.0937. The van der Waals surface area contributed by atoms with E-state index in [-0.39, 0.29) is 18.9 Å². The van der Waals surface area contributed by atoms with Gasteiger partial charge in [0.1, 0.15) is 0 Å². The number of carbonyl (C=O) groups excluding carboxylic acids is 1. The van der Waals surface area contributed by atoms with Crippen LogP contribution in [-0.2, 0) is 4.79 Å². The van der Waals surface area contributed by atoms with E-state index in [1.54, 1.807) is 30.2 Å². The molecule has 3 rings (SSSR count). The van der Waals surface area contributed by atoms with Crippen LogP contribution in [0.15, 0.2) is 46.8 Å².